The van der Waals surface area contributed by atoms with Gasteiger partial charge in [-0.3, -0.25) is 9.59 Å². The van der Waals surface area contributed by atoms with E-state index in [-0.39, 0.29) is 5.41 Å². The Morgan fingerprint density at radius 1 is 1.00 bits per heavy atom. The molecule has 0 heterocycles. The minimum Gasteiger partial charge on any atom is -0.300 e. The summed E-state index contributed by atoms with van der Waals surface area (Å²) in [7, 11) is 0. The molecule has 0 bridgehead atoms. The lowest BCUT2D eigenvalue weighted by molar-refractivity contribution is -0.156. The lowest BCUT2D eigenvalue weighted by Crippen LogP contribution is -2.55. The monoisotopic (exact) mass is 262 g/mol. The van der Waals surface area contributed by atoms with E-state index in [1.165, 1.54) is 0 Å². The zero-order valence-corrected chi connectivity index (χ0v) is 12.5. The minimum atomic E-state index is -0.153. The highest BCUT2D eigenvalue weighted by Crippen LogP contribution is 2.62. The Labute approximate surface area is 116 Å². The topological polar surface area (TPSA) is 34.1 Å². The number of fused-ring (bicyclic) bond motifs is 3. The van der Waals surface area contributed by atoms with Gasteiger partial charge in [0.1, 0.15) is 11.6 Å². The fourth-order valence-electron chi connectivity index (χ4n) is 5.67. The van der Waals surface area contributed by atoms with Gasteiger partial charge in [0.15, 0.2) is 0 Å². The van der Waals surface area contributed by atoms with Gasteiger partial charge >= 0.3 is 0 Å². The molecule has 0 spiro atoms. The van der Waals surface area contributed by atoms with Crippen LogP contribution in [0.15, 0.2) is 0 Å². The smallest absolute Gasteiger partial charge is 0.138 e. The Kier molecular flexibility index (Phi) is 2.92. The maximum Gasteiger partial charge on any atom is 0.138 e. The van der Waals surface area contributed by atoms with Gasteiger partial charge in [0.25, 0.3) is 0 Å². The van der Waals surface area contributed by atoms with Crippen molar-refractivity contribution in [3.63, 3.8) is 0 Å². The SMILES string of the molecule is CC1(C)C(=O)CCC2(C)C3CCC(=O)CC3CCC12. The highest BCUT2D eigenvalue weighted by molar-refractivity contribution is 5.85. The van der Waals surface area contributed by atoms with E-state index in [0.29, 0.717) is 34.7 Å². The van der Waals surface area contributed by atoms with Crippen molar-refractivity contribution in [2.45, 2.75) is 65.7 Å². The summed E-state index contributed by atoms with van der Waals surface area (Å²) in [4.78, 5) is 24.0. The third kappa shape index (κ3) is 1.82. The number of ketones is 2. The molecule has 3 rings (SSSR count). The van der Waals surface area contributed by atoms with Gasteiger partial charge in [-0.05, 0) is 48.9 Å². The summed E-state index contributed by atoms with van der Waals surface area (Å²) in [5.41, 5.74) is 0.139. The van der Waals surface area contributed by atoms with Crippen molar-refractivity contribution < 1.29 is 9.59 Å². The number of rotatable bonds is 0. The van der Waals surface area contributed by atoms with Crippen molar-refractivity contribution in [2.75, 3.05) is 0 Å². The van der Waals surface area contributed by atoms with E-state index in [1.807, 2.05) is 0 Å². The van der Waals surface area contributed by atoms with Crippen molar-refractivity contribution in [3.8, 4) is 0 Å². The van der Waals surface area contributed by atoms with Crippen LogP contribution in [-0.2, 0) is 9.59 Å². The fraction of sp³-hybridized carbons (Fsp3) is 0.882. The fourth-order valence-corrected chi connectivity index (χ4v) is 5.67. The minimum absolute atomic E-state index is 0.153. The van der Waals surface area contributed by atoms with Crippen LogP contribution in [0, 0.1) is 28.6 Å². The van der Waals surface area contributed by atoms with E-state index in [4.69, 9.17) is 0 Å². The molecule has 4 unspecified atom stereocenters. The Morgan fingerprint density at radius 2 is 1.74 bits per heavy atom. The van der Waals surface area contributed by atoms with Crippen LogP contribution in [0.4, 0.5) is 0 Å². The molecule has 0 aromatic carbocycles. The van der Waals surface area contributed by atoms with Crippen LogP contribution in [0.25, 0.3) is 0 Å². The predicted molar refractivity (Wildman–Crippen MR) is 74.7 cm³/mol. The van der Waals surface area contributed by atoms with Crippen LogP contribution < -0.4 is 0 Å². The second-order valence-electron chi connectivity index (χ2n) is 7.93. The number of carbonyl (C=O) groups excluding carboxylic acids is 2. The first kappa shape index (κ1) is 13.3. The van der Waals surface area contributed by atoms with E-state index in [9.17, 15) is 9.59 Å². The van der Waals surface area contributed by atoms with E-state index in [1.54, 1.807) is 0 Å². The molecule has 3 aliphatic rings. The highest BCUT2D eigenvalue weighted by Gasteiger charge is 2.57. The average Bonchev–Trinajstić information content (AvgIpc) is 2.34. The first-order valence-corrected chi connectivity index (χ1v) is 7.90. The molecular formula is C17H26O2. The molecule has 0 radical (unpaired) electrons. The quantitative estimate of drug-likeness (QED) is 0.666. The van der Waals surface area contributed by atoms with E-state index in [2.05, 4.69) is 20.8 Å². The summed E-state index contributed by atoms with van der Waals surface area (Å²) in [5, 5.41) is 0. The lowest BCUT2D eigenvalue weighted by atomic mass is 9.44. The standard InChI is InChI=1S/C17H26O2/c1-16(2)14-7-4-11-10-12(18)5-6-13(11)17(14,3)9-8-15(16)19/h11,13-14H,4-10H2,1-3H3. The van der Waals surface area contributed by atoms with E-state index < -0.39 is 0 Å². The maximum absolute atomic E-state index is 12.3. The Balaban J connectivity index is 1.93. The van der Waals surface area contributed by atoms with Gasteiger partial charge in [0.05, 0.1) is 0 Å². The van der Waals surface area contributed by atoms with Crippen molar-refractivity contribution in [1.29, 1.82) is 0 Å². The first-order valence-electron chi connectivity index (χ1n) is 7.90. The number of carbonyl (C=O) groups is 2. The molecule has 0 aliphatic heterocycles. The van der Waals surface area contributed by atoms with Gasteiger partial charge < -0.3 is 0 Å². The first-order chi connectivity index (χ1) is 8.85. The molecule has 0 amide bonds. The van der Waals surface area contributed by atoms with Crippen molar-refractivity contribution in [1.82, 2.24) is 0 Å². The molecule has 0 aromatic rings. The van der Waals surface area contributed by atoms with Crippen LogP contribution in [0.3, 0.4) is 0 Å². The lowest BCUT2D eigenvalue weighted by Gasteiger charge is -2.59. The molecule has 19 heavy (non-hydrogen) atoms. The number of hydrogen-bond donors (Lipinski definition) is 0. The summed E-state index contributed by atoms with van der Waals surface area (Å²) in [6.45, 7) is 6.73. The van der Waals surface area contributed by atoms with Crippen molar-refractivity contribution >= 4 is 11.6 Å². The molecule has 3 aliphatic carbocycles. The number of Topliss-reactive ketones (excluding diaryl/α,β-unsaturated/α-hetero) is 2. The molecule has 0 aromatic heterocycles. The molecule has 3 fully saturated rings. The van der Waals surface area contributed by atoms with Crippen LogP contribution >= 0.6 is 0 Å². The summed E-state index contributed by atoms with van der Waals surface area (Å²) in [5.74, 6) is 2.73. The third-order valence-electron chi connectivity index (χ3n) is 6.74. The van der Waals surface area contributed by atoms with Crippen LogP contribution in [0.1, 0.15) is 65.7 Å². The molecule has 4 atom stereocenters. The number of hydrogen-bond acceptors (Lipinski definition) is 2. The summed E-state index contributed by atoms with van der Waals surface area (Å²) < 4.78 is 0. The van der Waals surface area contributed by atoms with Crippen molar-refractivity contribution in [2.24, 2.45) is 28.6 Å². The Hall–Kier alpha value is -0.660. The van der Waals surface area contributed by atoms with Gasteiger partial charge in [-0.15, -0.1) is 0 Å². The largest absolute Gasteiger partial charge is 0.300 e. The van der Waals surface area contributed by atoms with Gasteiger partial charge in [0, 0.05) is 24.7 Å². The van der Waals surface area contributed by atoms with Crippen molar-refractivity contribution in [3.05, 3.63) is 0 Å². The molecule has 2 heteroatoms. The highest BCUT2D eigenvalue weighted by atomic mass is 16.1. The molecule has 2 nitrogen and oxygen atoms in total. The zero-order chi connectivity index (χ0) is 13.8. The predicted octanol–water partition coefficient (Wildman–Crippen LogP) is 3.78. The molecule has 3 saturated carbocycles. The molecule has 0 saturated heterocycles. The maximum atomic E-state index is 12.3. The van der Waals surface area contributed by atoms with Crippen LogP contribution in [0.5, 0.6) is 0 Å². The molecule has 106 valence electrons. The molecule has 0 N–H and O–H groups in total. The second kappa shape index (κ2) is 4.17. The third-order valence-corrected chi connectivity index (χ3v) is 6.74. The van der Waals surface area contributed by atoms with Gasteiger partial charge in [-0.25, -0.2) is 0 Å². The van der Waals surface area contributed by atoms with Crippen LogP contribution in [-0.4, -0.2) is 11.6 Å². The van der Waals surface area contributed by atoms with E-state index >= 15 is 0 Å². The normalized spacial score (nSPS) is 45.5. The van der Waals surface area contributed by atoms with E-state index in [0.717, 1.165) is 44.9 Å². The van der Waals surface area contributed by atoms with Gasteiger partial charge in [0.2, 0.25) is 0 Å². The second-order valence-corrected chi connectivity index (χ2v) is 7.93. The summed E-state index contributed by atoms with van der Waals surface area (Å²) in [6.07, 6.45) is 6.75. The summed E-state index contributed by atoms with van der Waals surface area (Å²) >= 11 is 0. The average molecular weight is 262 g/mol. The van der Waals surface area contributed by atoms with Gasteiger partial charge in [-0.1, -0.05) is 20.8 Å². The Bertz CT molecular complexity index is 423. The Morgan fingerprint density at radius 3 is 2.47 bits per heavy atom. The zero-order valence-electron chi connectivity index (χ0n) is 12.5. The van der Waals surface area contributed by atoms with Gasteiger partial charge in [-0.2, -0.15) is 0 Å². The van der Waals surface area contributed by atoms with Crippen LogP contribution in [0.2, 0.25) is 0 Å². The summed E-state index contributed by atoms with van der Waals surface area (Å²) in [6, 6.07) is 0. The molecular weight excluding hydrogens is 236 g/mol.